The highest BCUT2D eigenvalue weighted by Crippen LogP contribution is 2.29. The lowest BCUT2D eigenvalue weighted by Gasteiger charge is -2.07. The maximum Gasteiger partial charge on any atom is 0.254 e. The zero-order valence-electron chi connectivity index (χ0n) is 16.5. The molecule has 6 heteroatoms. The Morgan fingerprint density at radius 2 is 1.65 bits per heavy atom. The Labute approximate surface area is 177 Å². The van der Waals surface area contributed by atoms with Crippen molar-refractivity contribution in [1.29, 1.82) is 0 Å². The van der Waals surface area contributed by atoms with Crippen LogP contribution in [0.2, 0.25) is 0 Å². The smallest absolute Gasteiger partial charge is 0.254 e. The standard InChI is InChI=1S/C25H19FN4O/c26-19-9-7-8-17(14-19)23-22-15-18(16-27-20-10-3-1-4-11-20)25(31)28-24(22)30(29-23)21-12-5-2-6-13-21/h1-15,27H,16H2,(H,28,31). The van der Waals surface area contributed by atoms with Gasteiger partial charge in [0.05, 0.1) is 5.69 Å². The number of halogens is 1. The molecule has 3 aromatic carbocycles. The van der Waals surface area contributed by atoms with Crippen molar-refractivity contribution in [2.75, 3.05) is 5.32 Å². The molecular weight excluding hydrogens is 391 g/mol. The molecule has 0 spiro atoms. The third-order valence-electron chi connectivity index (χ3n) is 5.12. The molecule has 0 atom stereocenters. The van der Waals surface area contributed by atoms with Gasteiger partial charge in [-0.25, -0.2) is 9.07 Å². The average molecular weight is 410 g/mol. The number of nitrogens with zero attached hydrogens (tertiary/aromatic N) is 2. The van der Waals surface area contributed by atoms with Crippen molar-refractivity contribution in [3.8, 4) is 16.9 Å². The van der Waals surface area contributed by atoms with Crippen LogP contribution in [0.15, 0.2) is 95.8 Å². The molecule has 2 heterocycles. The average Bonchev–Trinajstić information content (AvgIpc) is 3.17. The molecule has 0 saturated carbocycles. The summed E-state index contributed by atoms with van der Waals surface area (Å²) in [5.41, 5.74) is 3.93. The summed E-state index contributed by atoms with van der Waals surface area (Å²) in [6.07, 6.45) is 0. The van der Waals surface area contributed by atoms with Gasteiger partial charge < -0.3 is 10.3 Å². The summed E-state index contributed by atoms with van der Waals surface area (Å²) in [6.45, 7) is 0.356. The lowest BCUT2D eigenvalue weighted by atomic mass is 10.1. The van der Waals surface area contributed by atoms with Crippen LogP contribution in [0.5, 0.6) is 0 Å². The number of fused-ring (bicyclic) bond motifs is 1. The van der Waals surface area contributed by atoms with Crippen molar-refractivity contribution in [1.82, 2.24) is 14.8 Å². The number of H-pyrrole nitrogens is 1. The summed E-state index contributed by atoms with van der Waals surface area (Å²) >= 11 is 0. The SMILES string of the molecule is O=c1[nH]c2c(cc1CNc1ccccc1)c(-c1cccc(F)c1)nn2-c1ccccc1. The second kappa shape index (κ2) is 7.91. The minimum absolute atomic E-state index is 0.196. The molecule has 5 rings (SSSR count). The van der Waals surface area contributed by atoms with Crippen LogP contribution >= 0.6 is 0 Å². The Morgan fingerprint density at radius 3 is 2.39 bits per heavy atom. The van der Waals surface area contributed by atoms with Crippen LogP contribution in [0.1, 0.15) is 5.56 Å². The lowest BCUT2D eigenvalue weighted by molar-refractivity contribution is 0.628. The lowest BCUT2D eigenvalue weighted by Crippen LogP contribution is -2.16. The molecule has 0 unspecified atom stereocenters. The number of rotatable bonds is 5. The molecule has 0 aliphatic rings. The first-order chi connectivity index (χ1) is 15.2. The molecule has 0 aliphatic heterocycles. The van der Waals surface area contributed by atoms with Crippen LogP contribution in [0.3, 0.4) is 0 Å². The van der Waals surface area contributed by atoms with Gasteiger partial charge in [-0.15, -0.1) is 0 Å². The van der Waals surface area contributed by atoms with Crippen molar-refractivity contribution in [2.45, 2.75) is 6.54 Å². The second-order valence-electron chi connectivity index (χ2n) is 7.21. The van der Waals surface area contributed by atoms with Gasteiger partial charge in [0, 0.05) is 28.7 Å². The normalized spacial score (nSPS) is 11.0. The fraction of sp³-hybridized carbons (Fsp3) is 0.0400. The third kappa shape index (κ3) is 3.71. The van der Waals surface area contributed by atoms with E-state index in [1.54, 1.807) is 10.7 Å². The number of benzene rings is 3. The molecule has 2 N–H and O–H groups in total. The summed E-state index contributed by atoms with van der Waals surface area (Å²) in [7, 11) is 0. The predicted molar refractivity (Wildman–Crippen MR) is 121 cm³/mol. The maximum atomic E-state index is 13.9. The van der Waals surface area contributed by atoms with E-state index in [1.165, 1.54) is 12.1 Å². The Balaban J connectivity index is 1.66. The molecule has 152 valence electrons. The Bertz CT molecular complexity index is 1410. The highest BCUT2D eigenvalue weighted by atomic mass is 19.1. The number of anilines is 1. The molecule has 0 bridgehead atoms. The summed E-state index contributed by atoms with van der Waals surface area (Å²) in [5, 5.41) is 8.75. The molecular formula is C25H19FN4O. The van der Waals surface area contributed by atoms with E-state index < -0.39 is 0 Å². The highest BCUT2D eigenvalue weighted by Gasteiger charge is 2.17. The van der Waals surface area contributed by atoms with Crippen molar-refractivity contribution >= 4 is 16.7 Å². The second-order valence-corrected chi connectivity index (χ2v) is 7.21. The van der Waals surface area contributed by atoms with E-state index in [1.807, 2.05) is 72.8 Å². The van der Waals surface area contributed by atoms with Crippen LogP contribution in [0, 0.1) is 5.82 Å². The van der Waals surface area contributed by atoms with Gasteiger partial charge in [0.25, 0.3) is 5.56 Å². The summed E-state index contributed by atoms with van der Waals surface area (Å²) < 4.78 is 15.6. The molecule has 31 heavy (non-hydrogen) atoms. The van der Waals surface area contributed by atoms with Crippen LogP contribution in [0.4, 0.5) is 10.1 Å². The van der Waals surface area contributed by atoms with Gasteiger partial charge in [0.15, 0.2) is 0 Å². The molecule has 0 fully saturated rings. The van der Waals surface area contributed by atoms with Crippen LogP contribution in [-0.2, 0) is 6.54 Å². The van der Waals surface area contributed by atoms with Crippen molar-refractivity contribution in [3.05, 3.63) is 113 Å². The van der Waals surface area contributed by atoms with Crippen LogP contribution in [0.25, 0.3) is 28.0 Å². The minimum Gasteiger partial charge on any atom is -0.381 e. The summed E-state index contributed by atoms with van der Waals surface area (Å²) in [4.78, 5) is 15.8. The van der Waals surface area contributed by atoms with E-state index in [0.29, 0.717) is 29.0 Å². The number of aromatic nitrogens is 3. The number of para-hydroxylation sites is 2. The third-order valence-corrected chi connectivity index (χ3v) is 5.12. The van der Waals surface area contributed by atoms with Gasteiger partial charge in [-0.3, -0.25) is 4.79 Å². The fourth-order valence-electron chi connectivity index (χ4n) is 3.60. The van der Waals surface area contributed by atoms with Gasteiger partial charge in [-0.1, -0.05) is 48.5 Å². The highest BCUT2D eigenvalue weighted by molar-refractivity contribution is 5.92. The zero-order valence-corrected chi connectivity index (χ0v) is 16.5. The first-order valence-electron chi connectivity index (χ1n) is 9.94. The van der Waals surface area contributed by atoms with Gasteiger partial charge in [0.2, 0.25) is 0 Å². The summed E-state index contributed by atoms with van der Waals surface area (Å²) in [6, 6.07) is 27.4. The number of aromatic amines is 1. The molecule has 0 amide bonds. The van der Waals surface area contributed by atoms with Crippen molar-refractivity contribution < 1.29 is 4.39 Å². The maximum absolute atomic E-state index is 13.9. The van der Waals surface area contributed by atoms with E-state index in [0.717, 1.165) is 16.8 Å². The number of hydrogen-bond acceptors (Lipinski definition) is 3. The van der Waals surface area contributed by atoms with E-state index in [9.17, 15) is 9.18 Å². The minimum atomic E-state index is -0.338. The first kappa shape index (κ1) is 18.8. The monoisotopic (exact) mass is 410 g/mol. The number of nitrogens with one attached hydrogen (secondary N) is 2. The molecule has 5 nitrogen and oxygen atoms in total. The van der Waals surface area contributed by atoms with Crippen LogP contribution in [-0.4, -0.2) is 14.8 Å². The molecule has 0 saturated heterocycles. The van der Waals surface area contributed by atoms with E-state index in [-0.39, 0.29) is 11.4 Å². The van der Waals surface area contributed by atoms with Gasteiger partial charge >= 0.3 is 0 Å². The van der Waals surface area contributed by atoms with Crippen molar-refractivity contribution in [2.24, 2.45) is 0 Å². The first-order valence-corrected chi connectivity index (χ1v) is 9.94. The molecule has 2 aromatic heterocycles. The Hall–Kier alpha value is -4.19. The van der Waals surface area contributed by atoms with Crippen LogP contribution < -0.4 is 10.9 Å². The van der Waals surface area contributed by atoms with E-state index in [4.69, 9.17) is 5.10 Å². The van der Waals surface area contributed by atoms with Gasteiger partial charge in [0.1, 0.15) is 17.2 Å². The van der Waals surface area contributed by atoms with Gasteiger partial charge in [-0.2, -0.15) is 5.10 Å². The topological polar surface area (TPSA) is 62.7 Å². The Morgan fingerprint density at radius 1 is 0.903 bits per heavy atom. The van der Waals surface area contributed by atoms with E-state index in [2.05, 4.69) is 10.3 Å². The summed E-state index contributed by atoms with van der Waals surface area (Å²) in [5.74, 6) is -0.338. The number of pyridine rings is 1. The zero-order chi connectivity index (χ0) is 21.2. The Kier molecular flexibility index (Phi) is 4.80. The number of hydrogen-bond donors (Lipinski definition) is 2. The molecule has 0 aliphatic carbocycles. The van der Waals surface area contributed by atoms with Gasteiger partial charge in [-0.05, 0) is 42.5 Å². The molecule has 5 aromatic rings. The van der Waals surface area contributed by atoms with Crippen molar-refractivity contribution in [3.63, 3.8) is 0 Å². The fourth-order valence-corrected chi connectivity index (χ4v) is 3.60. The predicted octanol–water partition coefficient (Wildman–Crippen LogP) is 5.13. The molecule has 0 radical (unpaired) electrons. The quantitative estimate of drug-likeness (QED) is 0.422. The van der Waals surface area contributed by atoms with E-state index >= 15 is 0 Å². The largest absolute Gasteiger partial charge is 0.381 e.